The van der Waals surface area contributed by atoms with Crippen molar-refractivity contribution in [1.29, 1.82) is 0 Å². The molecule has 1 aromatic heterocycles. The van der Waals surface area contributed by atoms with Gasteiger partial charge in [-0.3, -0.25) is 19.6 Å². The second-order valence-electron chi connectivity index (χ2n) is 12.2. The quantitative estimate of drug-likeness (QED) is 0.349. The first-order valence-electron chi connectivity index (χ1n) is 15.9. The van der Waals surface area contributed by atoms with Crippen LogP contribution >= 0.6 is 0 Å². The summed E-state index contributed by atoms with van der Waals surface area (Å²) < 4.78 is 6.21. The van der Waals surface area contributed by atoms with Gasteiger partial charge in [0.15, 0.2) is 0 Å². The van der Waals surface area contributed by atoms with Gasteiger partial charge in [0, 0.05) is 95.0 Å². The summed E-state index contributed by atoms with van der Waals surface area (Å²) in [6.07, 6.45) is 9.77. The molecule has 0 spiro atoms. The number of rotatable bonds is 9. The second-order valence-corrected chi connectivity index (χ2v) is 12.2. The van der Waals surface area contributed by atoms with Crippen molar-refractivity contribution in [1.82, 2.24) is 19.7 Å². The molecule has 3 aliphatic rings. The number of carbonyl (C=O) groups excluding carboxylic acids is 1. The lowest BCUT2D eigenvalue weighted by molar-refractivity contribution is 0.0633. The number of amides is 1. The Kier molecular flexibility index (Phi) is 9.68. The van der Waals surface area contributed by atoms with Crippen molar-refractivity contribution in [2.45, 2.75) is 45.2 Å². The third-order valence-corrected chi connectivity index (χ3v) is 9.05. The molecule has 0 aliphatic carbocycles. The molecule has 3 saturated heterocycles. The lowest BCUT2D eigenvalue weighted by Crippen LogP contribution is -2.45. The van der Waals surface area contributed by atoms with Crippen LogP contribution in [0, 0.1) is 5.92 Å². The molecule has 0 unspecified atom stereocenters. The molecule has 7 heteroatoms. The molecule has 0 radical (unpaired) electrons. The predicted molar refractivity (Wildman–Crippen MR) is 168 cm³/mol. The molecule has 6 rings (SSSR count). The number of likely N-dealkylation sites (tertiary alicyclic amines) is 1. The van der Waals surface area contributed by atoms with Crippen LogP contribution in [-0.2, 0) is 13.1 Å². The van der Waals surface area contributed by atoms with Gasteiger partial charge in [-0.05, 0) is 85.7 Å². The van der Waals surface area contributed by atoms with Gasteiger partial charge in [0.25, 0.3) is 5.91 Å². The van der Waals surface area contributed by atoms with Crippen LogP contribution < -0.4 is 9.64 Å². The SMILES string of the molecule is O=C(c1ccc(N2CCCCC2)cc1)N1CCC[C@@H](COc2ccc(CN3CCN(Cc4cccnc4)CC3)cc2)C1. The number of carbonyl (C=O) groups is 1. The highest BCUT2D eigenvalue weighted by molar-refractivity contribution is 5.94. The Morgan fingerprint density at radius 3 is 2.17 bits per heavy atom. The highest BCUT2D eigenvalue weighted by Crippen LogP contribution is 2.24. The van der Waals surface area contributed by atoms with Gasteiger partial charge in [0.1, 0.15) is 5.75 Å². The Balaban J connectivity index is 0.928. The molecule has 3 aromatic rings. The monoisotopic (exact) mass is 567 g/mol. The van der Waals surface area contributed by atoms with Crippen LogP contribution in [-0.4, -0.2) is 84.6 Å². The van der Waals surface area contributed by atoms with Crippen molar-refractivity contribution in [2.24, 2.45) is 5.92 Å². The molecule has 42 heavy (non-hydrogen) atoms. The summed E-state index contributed by atoms with van der Waals surface area (Å²) in [5, 5.41) is 0. The number of nitrogens with zero attached hydrogens (tertiary/aromatic N) is 5. The van der Waals surface area contributed by atoms with Gasteiger partial charge in [-0.25, -0.2) is 0 Å². The number of hydrogen-bond acceptors (Lipinski definition) is 6. The number of piperazine rings is 1. The van der Waals surface area contributed by atoms with Crippen molar-refractivity contribution in [2.75, 3.05) is 63.9 Å². The van der Waals surface area contributed by atoms with Crippen LogP contribution in [0.2, 0.25) is 0 Å². The summed E-state index contributed by atoms with van der Waals surface area (Å²) >= 11 is 0. The highest BCUT2D eigenvalue weighted by atomic mass is 16.5. The van der Waals surface area contributed by atoms with Crippen LogP contribution in [0.5, 0.6) is 5.75 Å². The predicted octanol–water partition coefficient (Wildman–Crippen LogP) is 5.32. The Labute approximate surface area is 251 Å². The Morgan fingerprint density at radius 2 is 1.48 bits per heavy atom. The number of aromatic nitrogens is 1. The van der Waals surface area contributed by atoms with E-state index in [4.69, 9.17) is 4.74 Å². The van der Waals surface area contributed by atoms with Crippen molar-refractivity contribution in [3.63, 3.8) is 0 Å². The van der Waals surface area contributed by atoms with Crippen LogP contribution in [0.15, 0.2) is 73.1 Å². The zero-order valence-corrected chi connectivity index (χ0v) is 24.9. The number of piperidine rings is 2. The molecular weight excluding hydrogens is 522 g/mol. The summed E-state index contributed by atoms with van der Waals surface area (Å²) in [7, 11) is 0. The highest BCUT2D eigenvalue weighted by Gasteiger charge is 2.25. The lowest BCUT2D eigenvalue weighted by atomic mass is 9.98. The normalized spacial score (nSPS) is 20.4. The van der Waals surface area contributed by atoms with E-state index in [0.29, 0.717) is 12.5 Å². The number of ether oxygens (including phenoxy) is 1. The zero-order chi connectivity index (χ0) is 28.6. The molecule has 0 saturated carbocycles. The first-order chi connectivity index (χ1) is 20.7. The van der Waals surface area contributed by atoms with E-state index in [1.165, 1.54) is 36.1 Å². The summed E-state index contributed by atoms with van der Waals surface area (Å²) in [5.74, 6) is 1.42. The molecule has 3 fully saturated rings. The molecule has 222 valence electrons. The van der Waals surface area contributed by atoms with E-state index in [1.807, 2.05) is 35.5 Å². The fourth-order valence-corrected chi connectivity index (χ4v) is 6.55. The van der Waals surface area contributed by atoms with Gasteiger partial charge < -0.3 is 14.5 Å². The van der Waals surface area contributed by atoms with E-state index in [9.17, 15) is 4.79 Å². The van der Waals surface area contributed by atoms with Gasteiger partial charge in [-0.2, -0.15) is 0 Å². The van der Waals surface area contributed by atoms with Gasteiger partial charge in [-0.1, -0.05) is 18.2 Å². The minimum absolute atomic E-state index is 0.146. The molecule has 0 bridgehead atoms. The first-order valence-corrected chi connectivity index (χ1v) is 15.9. The third kappa shape index (κ3) is 7.69. The fraction of sp³-hybridized carbons (Fsp3) is 0.486. The molecule has 2 aromatic carbocycles. The maximum Gasteiger partial charge on any atom is 0.253 e. The van der Waals surface area contributed by atoms with Crippen LogP contribution in [0.4, 0.5) is 5.69 Å². The molecule has 3 aliphatic heterocycles. The van der Waals surface area contributed by atoms with Crippen molar-refractivity contribution < 1.29 is 9.53 Å². The molecule has 1 atom stereocenters. The summed E-state index contributed by atoms with van der Waals surface area (Å²) in [5.41, 5.74) is 4.64. The van der Waals surface area contributed by atoms with Crippen molar-refractivity contribution in [3.8, 4) is 5.75 Å². The summed E-state index contributed by atoms with van der Waals surface area (Å²) in [6, 6.07) is 21.0. The Hall–Kier alpha value is -3.42. The van der Waals surface area contributed by atoms with Crippen LogP contribution in [0.25, 0.3) is 0 Å². The Morgan fingerprint density at radius 1 is 0.762 bits per heavy atom. The summed E-state index contributed by atoms with van der Waals surface area (Å²) in [4.78, 5) is 27.0. The van der Waals surface area contributed by atoms with Gasteiger partial charge >= 0.3 is 0 Å². The molecule has 7 nitrogen and oxygen atoms in total. The van der Waals surface area contributed by atoms with Crippen LogP contribution in [0.3, 0.4) is 0 Å². The second kappa shape index (κ2) is 14.2. The first kappa shape index (κ1) is 28.7. The maximum atomic E-state index is 13.3. The van der Waals surface area contributed by atoms with E-state index in [1.54, 1.807) is 0 Å². The largest absolute Gasteiger partial charge is 0.493 e. The lowest BCUT2D eigenvalue weighted by Gasteiger charge is -2.34. The van der Waals surface area contributed by atoms with E-state index < -0.39 is 0 Å². The average molecular weight is 568 g/mol. The minimum Gasteiger partial charge on any atom is -0.493 e. The number of pyridine rings is 1. The molecular formula is C35H45N5O2. The summed E-state index contributed by atoms with van der Waals surface area (Å²) in [6.45, 7) is 10.8. The van der Waals surface area contributed by atoms with Gasteiger partial charge in [0.2, 0.25) is 0 Å². The van der Waals surface area contributed by atoms with Gasteiger partial charge in [-0.15, -0.1) is 0 Å². The van der Waals surface area contributed by atoms with E-state index >= 15 is 0 Å². The zero-order valence-electron chi connectivity index (χ0n) is 24.9. The van der Waals surface area contributed by atoms with E-state index in [2.05, 4.69) is 62.1 Å². The maximum absolute atomic E-state index is 13.3. The smallest absolute Gasteiger partial charge is 0.253 e. The fourth-order valence-electron chi connectivity index (χ4n) is 6.55. The van der Waals surface area contributed by atoms with Crippen molar-refractivity contribution >= 4 is 11.6 Å². The van der Waals surface area contributed by atoms with Crippen molar-refractivity contribution in [3.05, 3.63) is 89.7 Å². The minimum atomic E-state index is 0.146. The van der Waals surface area contributed by atoms with E-state index in [0.717, 1.165) is 89.6 Å². The molecule has 4 heterocycles. The van der Waals surface area contributed by atoms with Gasteiger partial charge in [0.05, 0.1) is 6.61 Å². The standard InChI is InChI=1S/C35H45N5O2/c41-35(32-10-12-33(13-11-32)39-17-2-1-3-18-39)40-19-5-7-31(27-40)28-42-34-14-8-29(9-15-34)25-37-20-22-38(23-21-37)26-30-6-4-16-36-24-30/h4,6,8-16,24,31H,1-3,5,7,17-23,25-28H2/t31-/m1/s1. The molecule has 1 amide bonds. The van der Waals surface area contributed by atoms with Crippen LogP contribution in [0.1, 0.15) is 53.6 Å². The number of hydrogen-bond donors (Lipinski definition) is 0. The topological polar surface area (TPSA) is 52.2 Å². The number of anilines is 1. The molecule has 0 N–H and O–H groups in total. The third-order valence-electron chi connectivity index (χ3n) is 9.05. The number of benzene rings is 2. The average Bonchev–Trinajstić information content (AvgIpc) is 3.06. The Bertz CT molecular complexity index is 1250. The van der Waals surface area contributed by atoms with E-state index in [-0.39, 0.29) is 5.91 Å².